The van der Waals surface area contributed by atoms with E-state index in [0.29, 0.717) is 11.1 Å². The van der Waals surface area contributed by atoms with Crippen LogP contribution in [0.25, 0.3) is 0 Å². The van der Waals surface area contributed by atoms with E-state index >= 15 is 0 Å². The second-order valence-corrected chi connectivity index (χ2v) is 6.25. The molecule has 21 heavy (non-hydrogen) atoms. The third-order valence-corrected chi connectivity index (χ3v) is 4.14. The Morgan fingerprint density at radius 3 is 2.24 bits per heavy atom. The molecule has 0 radical (unpaired) electrons. The maximum absolute atomic E-state index is 12.0. The van der Waals surface area contributed by atoms with Crippen LogP contribution in [-0.2, 0) is 14.9 Å². The molecule has 2 aromatic carbocycles. The van der Waals surface area contributed by atoms with Gasteiger partial charge in [-0.05, 0) is 42.5 Å². The van der Waals surface area contributed by atoms with E-state index in [-0.39, 0.29) is 4.90 Å². The molecule has 2 rings (SSSR count). The number of benzene rings is 2. The molecular formula is C15H15NO4S. The van der Waals surface area contributed by atoms with Crippen LogP contribution in [0.4, 0.5) is 0 Å². The van der Waals surface area contributed by atoms with E-state index in [4.69, 9.17) is 0 Å². The van der Waals surface area contributed by atoms with E-state index in [9.17, 15) is 13.2 Å². The summed E-state index contributed by atoms with van der Waals surface area (Å²) in [6.07, 6.45) is 0. The molecule has 0 bridgehead atoms. The van der Waals surface area contributed by atoms with Crippen LogP contribution >= 0.6 is 0 Å². The highest BCUT2D eigenvalue weighted by Gasteiger charge is 2.18. The first-order chi connectivity index (χ1) is 9.90. The van der Waals surface area contributed by atoms with Gasteiger partial charge in [-0.2, -0.15) is 0 Å². The van der Waals surface area contributed by atoms with Gasteiger partial charge < -0.3 is 4.84 Å². The number of sulfonamides is 1. The van der Waals surface area contributed by atoms with E-state index in [2.05, 4.69) is 4.84 Å². The summed E-state index contributed by atoms with van der Waals surface area (Å²) >= 11 is 0. The summed E-state index contributed by atoms with van der Waals surface area (Å²) in [6, 6.07) is 13.0. The van der Waals surface area contributed by atoms with Crippen molar-refractivity contribution in [3.05, 3.63) is 65.2 Å². The highest BCUT2D eigenvalue weighted by molar-refractivity contribution is 7.89. The SMILES string of the molecule is Cc1ccc(S(=O)(=O)NOC(=O)c2ccccc2C)cc1. The van der Waals surface area contributed by atoms with Crippen molar-refractivity contribution in [1.82, 2.24) is 4.89 Å². The Morgan fingerprint density at radius 2 is 1.62 bits per heavy atom. The minimum atomic E-state index is -3.89. The Hall–Kier alpha value is -2.18. The summed E-state index contributed by atoms with van der Waals surface area (Å²) in [6.45, 7) is 3.59. The van der Waals surface area contributed by atoms with Crippen molar-refractivity contribution < 1.29 is 18.0 Å². The molecule has 0 spiro atoms. The molecule has 1 N–H and O–H groups in total. The molecule has 0 saturated carbocycles. The van der Waals surface area contributed by atoms with Crippen LogP contribution in [0.15, 0.2) is 53.4 Å². The van der Waals surface area contributed by atoms with Crippen LogP contribution < -0.4 is 4.89 Å². The second-order valence-electron chi connectivity index (χ2n) is 4.60. The Bertz CT molecular complexity index is 751. The summed E-state index contributed by atoms with van der Waals surface area (Å²) in [5, 5.41) is 0. The number of hydrogen-bond acceptors (Lipinski definition) is 4. The largest absolute Gasteiger partial charge is 0.358 e. The molecule has 0 fully saturated rings. The topological polar surface area (TPSA) is 72.5 Å². The van der Waals surface area contributed by atoms with Crippen LogP contribution in [0.2, 0.25) is 0 Å². The predicted molar refractivity (Wildman–Crippen MR) is 78.1 cm³/mol. The average Bonchev–Trinajstić information content (AvgIpc) is 2.46. The monoisotopic (exact) mass is 305 g/mol. The van der Waals surface area contributed by atoms with Gasteiger partial charge in [-0.15, -0.1) is 0 Å². The molecule has 0 saturated heterocycles. The first kappa shape index (κ1) is 15.2. The van der Waals surface area contributed by atoms with Gasteiger partial charge in [-0.1, -0.05) is 35.9 Å². The Morgan fingerprint density at radius 1 is 1.00 bits per heavy atom. The average molecular weight is 305 g/mol. The first-order valence-corrected chi connectivity index (χ1v) is 7.74. The fourth-order valence-electron chi connectivity index (χ4n) is 1.72. The zero-order chi connectivity index (χ0) is 15.5. The molecule has 2 aromatic rings. The van der Waals surface area contributed by atoms with Gasteiger partial charge in [-0.3, -0.25) is 0 Å². The molecular weight excluding hydrogens is 290 g/mol. The summed E-state index contributed by atoms with van der Waals surface area (Å²) < 4.78 is 24.0. The molecule has 0 heterocycles. The molecule has 0 aliphatic carbocycles. The van der Waals surface area contributed by atoms with Gasteiger partial charge in [0.2, 0.25) is 0 Å². The number of hydrogen-bond donors (Lipinski definition) is 1. The summed E-state index contributed by atoms with van der Waals surface area (Å²) in [7, 11) is -3.89. The lowest BCUT2D eigenvalue weighted by Crippen LogP contribution is -2.27. The second kappa shape index (κ2) is 6.07. The van der Waals surface area contributed by atoms with Crippen LogP contribution in [0, 0.1) is 13.8 Å². The first-order valence-electron chi connectivity index (χ1n) is 6.25. The van der Waals surface area contributed by atoms with Crippen molar-refractivity contribution in [3.63, 3.8) is 0 Å². The van der Waals surface area contributed by atoms with Gasteiger partial charge >= 0.3 is 5.97 Å². The Kier molecular flexibility index (Phi) is 4.40. The van der Waals surface area contributed by atoms with E-state index in [1.54, 1.807) is 43.3 Å². The van der Waals surface area contributed by atoms with Crippen LogP contribution in [0.1, 0.15) is 21.5 Å². The smallest absolute Gasteiger partial charge is 0.351 e. The minimum absolute atomic E-state index is 0.0330. The third kappa shape index (κ3) is 3.68. The van der Waals surface area contributed by atoms with Gasteiger partial charge in [0.05, 0.1) is 10.5 Å². The predicted octanol–water partition coefficient (Wildman–Crippen LogP) is 2.35. The zero-order valence-electron chi connectivity index (χ0n) is 11.7. The van der Waals surface area contributed by atoms with Gasteiger partial charge in [0.25, 0.3) is 10.0 Å². The van der Waals surface area contributed by atoms with E-state index in [0.717, 1.165) is 5.56 Å². The van der Waals surface area contributed by atoms with E-state index in [1.807, 2.05) is 11.8 Å². The minimum Gasteiger partial charge on any atom is -0.351 e. The van der Waals surface area contributed by atoms with Gasteiger partial charge in [-0.25, -0.2) is 13.2 Å². The summed E-state index contributed by atoms with van der Waals surface area (Å²) in [5.74, 6) is -0.746. The van der Waals surface area contributed by atoms with Crippen molar-refractivity contribution >= 4 is 16.0 Å². The van der Waals surface area contributed by atoms with Crippen molar-refractivity contribution in [2.75, 3.05) is 0 Å². The van der Waals surface area contributed by atoms with E-state index in [1.165, 1.54) is 12.1 Å². The van der Waals surface area contributed by atoms with Gasteiger partial charge in [0.15, 0.2) is 0 Å². The number of nitrogens with one attached hydrogen (secondary N) is 1. The van der Waals surface area contributed by atoms with Crippen molar-refractivity contribution in [2.45, 2.75) is 18.7 Å². The molecule has 0 aromatic heterocycles. The Labute approximate surface area is 123 Å². The normalized spacial score (nSPS) is 11.1. The lowest BCUT2D eigenvalue weighted by atomic mass is 10.1. The van der Waals surface area contributed by atoms with Gasteiger partial charge in [0.1, 0.15) is 0 Å². The fourth-order valence-corrected chi connectivity index (χ4v) is 2.49. The standard InChI is InChI=1S/C15H15NO4S/c1-11-7-9-13(10-8-11)21(18,19)16-20-15(17)14-6-4-3-5-12(14)2/h3-10,16H,1-2H3. The van der Waals surface area contributed by atoms with Crippen LogP contribution in [0.3, 0.4) is 0 Å². The lowest BCUT2D eigenvalue weighted by Gasteiger charge is -2.08. The molecule has 0 amide bonds. The Balaban J connectivity index is 2.10. The number of rotatable bonds is 4. The number of carbonyl (C=O) groups is 1. The van der Waals surface area contributed by atoms with Crippen molar-refractivity contribution in [3.8, 4) is 0 Å². The molecule has 0 aliphatic heterocycles. The summed E-state index contributed by atoms with van der Waals surface area (Å²) in [4.78, 5) is 18.4. The fraction of sp³-hybridized carbons (Fsp3) is 0.133. The third-order valence-electron chi connectivity index (χ3n) is 2.94. The molecule has 0 unspecified atom stereocenters. The van der Waals surface area contributed by atoms with E-state index < -0.39 is 16.0 Å². The van der Waals surface area contributed by atoms with Crippen molar-refractivity contribution in [2.24, 2.45) is 0 Å². The highest BCUT2D eigenvalue weighted by atomic mass is 32.2. The molecule has 110 valence electrons. The molecule has 6 heteroatoms. The van der Waals surface area contributed by atoms with Crippen LogP contribution in [-0.4, -0.2) is 14.4 Å². The molecule has 5 nitrogen and oxygen atoms in total. The quantitative estimate of drug-likeness (QED) is 0.880. The maximum Gasteiger partial charge on any atom is 0.358 e. The number of aryl methyl sites for hydroxylation is 2. The van der Waals surface area contributed by atoms with Gasteiger partial charge in [0, 0.05) is 0 Å². The molecule has 0 atom stereocenters. The van der Waals surface area contributed by atoms with Crippen molar-refractivity contribution in [1.29, 1.82) is 0 Å². The maximum atomic E-state index is 12.0. The molecule has 0 aliphatic rings. The van der Waals surface area contributed by atoms with Crippen LogP contribution in [0.5, 0.6) is 0 Å². The summed E-state index contributed by atoms with van der Waals surface area (Å²) in [5.41, 5.74) is 1.95. The highest BCUT2D eigenvalue weighted by Crippen LogP contribution is 2.11. The number of carbonyl (C=O) groups excluding carboxylic acids is 1. The lowest BCUT2D eigenvalue weighted by molar-refractivity contribution is 0.0406. The zero-order valence-corrected chi connectivity index (χ0v) is 12.5.